The molecule has 0 radical (unpaired) electrons. The average molecular weight is 350 g/mol. The van der Waals surface area contributed by atoms with E-state index in [0.717, 1.165) is 48.5 Å². The second-order valence-corrected chi connectivity index (χ2v) is 7.42. The predicted molar refractivity (Wildman–Crippen MR) is 101 cm³/mol. The zero-order valence-corrected chi connectivity index (χ0v) is 15.3. The lowest BCUT2D eigenvalue weighted by molar-refractivity contribution is 0.140. The Labute approximate surface area is 149 Å². The topological polar surface area (TPSA) is 45.8 Å². The number of nitrogens with one attached hydrogen (secondary N) is 2. The highest BCUT2D eigenvalue weighted by Crippen LogP contribution is 2.34. The Hall–Kier alpha value is -1.53. The first-order valence-electron chi connectivity index (χ1n) is 8.77. The molecule has 0 bridgehead atoms. The smallest absolute Gasteiger partial charge is 0.231 e. The molecule has 2 heterocycles. The summed E-state index contributed by atoms with van der Waals surface area (Å²) in [5, 5.41) is 7.13. The van der Waals surface area contributed by atoms with E-state index >= 15 is 0 Å². The molecule has 132 valence electrons. The molecule has 1 saturated heterocycles. The summed E-state index contributed by atoms with van der Waals surface area (Å²) in [5.74, 6) is 3.17. The first-order valence-corrected chi connectivity index (χ1v) is 9.18. The number of hydrogen-bond acceptors (Lipinski definition) is 4. The molecular formula is C18H27N3O2S. The Morgan fingerprint density at radius 3 is 2.75 bits per heavy atom. The predicted octanol–water partition coefficient (Wildman–Crippen LogP) is 3.07. The second-order valence-electron chi connectivity index (χ2n) is 7.01. The highest BCUT2D eigenvalue weighted by Gasteiger charge is 2.21. The van der Waals surface area contributed by atoms with Gasteiger partial charge in [0.15, 0.2) is 16.6 Å². The van der Waals surface area contributed by atoms with E-state index < -0.39 is 0 Å². The number of thiocarbonyl (C=S) groups is 1. The van der Waals surface area contributed by atoms with Crippen molar-refractivity contribution in [2.24, 2.45) is 11.8 Å². The van der Waals surface area contributed by atoms with E-state index in [2.05, 4.69) is 29.4 Å². The van der Waals surface area contributed by atoms with Gasteiger partial charge in [0.25, 0.3) is 0 Å². The Kier molecular flexibility index (Phi) is 5.79. The van der Waals surface area contributed by atoms with Gasteiger partial charge in [-0.25, -0.2) is 0 Å². The van der Waals surface area contributed by atoms with Crippen molar-refractivity contribution in [1.82, 2.24) is 10.2 Å². The lowest BCUT2D eigenvalue weighted by atomic mass is 9.92. The zero-order chi connectivity index (χ0) is 16.9. The Balaban J connectivity index is 1.35. The van der Waals surface area contributed by atoms with Crippen molar-refractivity contribution in [2.75, 3.05) is 38.3 Å². The fourth-order valence-electron chi connectivity index (χ4n) is 3.63. The minimum atomic E-state index is 0.287. The van der Waals surface area contributed by atoms with Gasteiger partial charge in [0.2, 0.25) is 6.79 Å². The summed E-state index contributed by atoms with van der Waals surface area (Å²) in [6.07, 6.45) is 2.46. The summed E-state index contributed by atoms with van der Waals surface area (Å²) in [5.41, 5.74) is 0.912. The third-order valence-corrected chi connectivity index (χ3v) is 4.76. The molecule has 0 aliphatic carbocycles. The zero-order valence-electron chi connectivity index (χ0n) is 14.5. The van der Waals surface area contributed by atoms with Gasteiger partial charge in [0, 0.05) is 31.4 Å². The summed E-state index contributed by atoms with van der Waals surface area (Å²) in [4.78, 5) is 2.58. The molecule has 2 N–H and O–H groups in total. The lowest BCUT2D eigenvalue weighted by Crippen LogP contribution is -2.40. The average Bonchev–Trinajstić information content (AvgIpc) is 2.98. The third-order valence-electron chi connectivity index (χ3n) is 4.51. The Morgan fingerprint density at radius 1 is 1.21 bits per heavy atom. The maximum absolute atomic E-state index is 5.37. The van der Waals surface area contributed by atoms with Crippen molar-refractivity contribution in [3.05, 3.63) is 18.2 Å². The SMILES string of the molecule is C[C@@H]1C[C@@H](C)CN(CCCNC(=S)Nc2ccc3c(c2)OCO3)C1. The minimum absolute atomic E-state index is 0.287. The molecule has 1 aromatic carbocycles. The van der Waals surface area contributed by atoms with Crippen LogP contribution in [0.2, 0.25) is 0 Å². The summed E-state index contributed by atoms with van der Waals surface area (Å²) < 4.78 is 10.7. The molecule has 2 aliphatic rings. The number of benzene rings is 1. The first kappa shape index (κ1) is 17.3. The van der Waals surface area contributed by atoms with Gasteiger partial charge >= 0.3 is 0 Å². The fourth-order valence-corrected chi connectivity index (χ4v) is 3.85. The monoisotopic (exact) mass is 349 g/mol. The number of piperidine rings is 1. The van der Waals surface area contributed by atoms with E-state index in [4.69, 9.17) is 21.7 Å². The van der Waals surface area contributed by atoms with E-state index in [1.165, 1.54) is 19.5 Å². The van der Waals surface area contributed by atoms with E-state index in [1.54, 1.807) is 0 Å². The molecule has 0 unspecified atom stereocenters. The van der Waals surface area contributed by atoms with Crippen LogP contribution in [0.3, 0.4) is 0 Å². The Morgan fingerprint density at radius 2 is 1.96 bits per heavy atom. The normalized spacial score (nSPS) is 23.1. The van der Waals surface area contributed by atoms with E-state index in [9.17, 15) is 0 Å². The Bertz CT molecular complexity index is 571. The number of hydrogen-bond donors (Lipinski definition) is 2. The third kappa shape index (κ3) is 4.74. The number of rotatable bonds is 5. The molecule has 1 aromatic rings. The summed E-state index contributed by atoms with van der Waals surface area (Å²) in [6, 6.07) is 5.75. The molecule has 2 atom stereocenters. The molecule has 5 nitrogen and oxygen atoms in total. The van der Waals surface area contributed by atoms with Gasteiger partial charge in [-0.2, -0.15) is 0 Å². The van der Waals surface area contributed by atoms with Crippen molar-refractivity contribution < 1.29 is 9.47 Å². The van der Waals surface area contributed by atoms with Crippen LogP contribution >= 0.6 is 12.2 Å². The van der Waals surface area contributed by atoms with Crippen LogP contribution in [0.4, 0.5) is 5.69 Å². The molecule has 6 heteroatoms. The van der Waals surface area contributed by atoms with Gasteiger partial charge in [0.1, 0.15) is 0 Å². The van der Waals surface area contributed by atoms with E-state index in [0.29, 0.717) is 5.11 Å². The van der Waals surface area contributed by atoms with Crippen LogP contribution in [-0.4, -0.2) is 43.0 Å². The highest BCUT2D eigenvalue weighted by atomic mass is 32.1. The van der Waals surface area contributed by atoms with Crippen LogP contribution in [0, 0.1) is 11.8 Å². The lowest BCUT2D eigenvalue weighted by Gasteiger charge is -2.34. The van der Waals surface area contributed by atoms with Gasteiger partial charge in [0.05, 0.1) is 0 Å². The highest BCUT2D eigenvalue weighted by molar-refractivity contribution is 7.80. The molecule has 0 aromatic heterocycles. The van der Waals surface area contributed by atoms with Crippen LogP contribution in [-0.2, 0) is 0 Å². The van der Waals surface area contributed by atoms with Gasteiger partial charge in [-0.15, -0.1) is 0 Å². The van der Waals surface area contributed by atoms with Crippen LogP contribution in [0.5, 0.6) is 11.5 Å². The molecule has 2 aliphatic heterocycles. The molecule has 24 heavy (non-hydrogen) atoms. The quantitative estimate of drug-likeness (QED) is 0.629. The fraction of sp³-hybridized carbons (Fsp3) is 0.611. The van der Waals surface area contributed by atoms with Gasteiger partial charge in [-0.3, -0.25) is 0 Å². The van der Waals surface area contributed by atoms with E-state index in [1.807, 2.05) is 18.2 Å². The maximum atomic E-state index is 5.37. The molecule has 1 fully saturated rings. The summed E-state index contributed by atoms with van der Waals surface area (Å²) in [7, 11) is 0. The number of anilines is 1. The first-order chi connectivity index (χ1) is 11.6. The summed E-state index contributed by atoms with van der Waals surface area (Å²) in [6.45, 7) is 9.46. The largest absolute Gasteiger partial charge is 0.454 e. The minimum Gasteiger partial charge on any atom is -0.454 e. The van der Waals surface area contributed by atoms with Gasteiger partial charge in [-0.05, 0) is 55.6 Å². The van der Waals surface area contributed by atoms with Crippen LogP contribution in [0.15, 0.2) is 18.2 Å². The summed E-state index contributed by atoms with van der Waals surface area (Å²) >= 11 is 5.36. The maximum Gasteiger partial charge on any atom is 0.231 e. The van der Waals surface area contributed by atoms with Crippen molar-refractivity contribution in [1.29, 1.82) is 0 Å². The van der Waals surface area contributed by atoms with E-state index in [-0.39, 0.29) is 6.79 Å². The molecule has 0 saturated carbocycles. The number of nitrogens with zero attached hydrogens (tertiary/aromatic N) is 1. The van der Waals surface area contributed by atoms with Crippen molar-refractivity contribution in [3.8, 4) is 11.5 Å². The van der Waals surface area contributed by atoms with Crippen molar-refractivity contribution in [3.63, 3.8) is 0 Å². The molecule has 0 amide bonds. The van der Waals surface area contributed by atoms with Gasteiger partial charge < -0.3 is 25.0 Å². The van der Waals surface area contributed by atoms with Crippen LogP contribution in [0.25, 0.3) is 0 Å². The van der Waals surface area contributed by atoms with Gasteiger partial charge in [-0.1, -0.05) is 13.8 Å². The number of ether oxygens (including phenoxy) is 2. The van der Waals surface area contributed by atoms with Crippen LogP contribution in [0.1, 0.15) is 26.7 Å². The molecular weight excluding hydrogens is 322 g/mol. The van der Waals surface area contributed by atoms with Crippen molar-refractivity contribution >= 4 is 23.0 Å². The number of fused-ring (bicyclic) bond motifs is 1. The second kappa shape index (κ2) is 8.03. The molecule has 3 rings (SSSR count). The van der Waals surface area contributed by atoms with Crippen molar-refractivity contribution in [2.45, 2.75) is 26.7 Å². The van der Waals surface area contributed by atoms with Crippen LogP contribution < -0.4 is 20.1 Å². The standard InChI is InChI=1S/C18H27N3O2S/c1-13-8-14(2)11-21(10-13)7-3-6-19-18(24)20-15-4-5-16-17(9-15)23-12-22-16/h4-5,9,13-14H,3,6-8,10-12H2,1-2H3,(H2,19,20,24)/t13-,14-/m1/s1. The molecule has 0 spiro atoms. The number of likely N-dealkylation sites (tertiary alicyclic amines) is 1.